The quantitative estimate of drug-likeness (QED) is 0.902. The number of nitrogens with zero attached hydrogens (tertiary/aromatic N) is 3. The molecule has 0 saturated heterocycles. The monoisotopic (exact) mass is 250 g/mol. The zero-order chi connectivity index (χ0) is 12.3. The number of aromatic nitrogens is 3. The first-order valence-electron chi connectivity index (χ1n) is 5.02. The number of benzene rings is 1. The summed E-state index contributed by atoms with van der Waals surface area (Å²) < 4.78 is 0. The number of hydrogen-bond acceptors (Lipinski definition) is 3. The van der Waals surface area contributed by atoms with Gasteiger partial charge in [0.25, 0.3) is 5.91 Å². The maximum Gasteiger partial charge on any atom is 0.291 e. The van der Waals surface area contributed by atoms with Gasteiger partial charge in [-0.2, -0.15) is 5.10 Å². The molecule has 0 aliphatic heterocycles. The van der Waals surface area contributed by atoms with E-state index in [4.69, 9.17) is 11.6 Å². The highest BCUT2D eigenvalue weighted by molar-refractivity contribution is 6.31. The molecule has 88 valence electrons. The van der Waals surface area contributed by atoms with Gasteiger partial charge in [0.1, 0.15) is 6.33 Å². The molecule has 2 rings (SSSR count). The van der Waals surface area contributed by atoms with Crippen molar-refractivity contribution in [3.8, 4) is 0 Å². The molecule has 0 aliphatic carbocycles. The molecule has 0 spiro atoms. The molecule has 2 aromatic rings. The van der Waals surface area contributed by atoms with Crippen molar-refractivity contribution in [2.24, 2.45) is 0 Å². The van der Waals surface area contributed by atoms with Crippen LogP contribution < -0.4 is 0 Å². The first-order valence-corrected chi connectivity index (χ1v) is 5.40. The molecule has 1 amide bonds. The van der Waals surface area contributed by atoms with Gasteiger partial charge in [-0.15, -0.1) is 0 Å². The average molecular weight is 251 g/mol. The van der Waals surface area contributed by atoms with Crippen LogP contribution in [0, 0.1) is 0 Å². The number of halogens is 1. The van der Waals surface area contributed by atoms with E-state index in [-0.39, 0.29) is 11.7 Å². The summed E-state index contributed by atoms with van der Waals surface area (Å²) in [7, 11) is 1.69. The third kappa shape index (κ3) is 2.62. The maximum absolute atomic E-state index is 11.9. The third-order valence-electron chi connectivity index (χ3n) is 2.33. The number of carbonyl (C=O) groups excluding carboxylic acids is 1. The molecule has 1 N–H and O–H groups in total. The van der Waals surface area contributed by atoms with Crippen LogP contribution in [-0.4, -0.2) is 33.0 Å². The molecule has 1 aromatic heterocycles. The Hall–Kier alpha value is -1.88. The van der Waals surface area contributed by atoms with Gasteiger partial charge in [-0.1, -0.05) is 29.8 Å². The van der Waals surface area contributed by atoms with Crippen LogP contribution in [0.3, 0.4) is 0 Å². The average Bonchev–Trinajstić information content (AvgIpc) is 2.84. The second kappa shape index (κ2) is 4.97. The van der Waals surface area contributed by atoms with E-state index in [1.165, 1.54) is 11.2 Å². The van der Waals surface area contributed by atoms with E-state index >= 15 is 0 Å². The Bertz CT molecular complexity index is 512. The molecule has 0 saturated carbocycles. The molecule has 6 heteroatoms. The number of nitrogens with one attached hydrogen (secondary N) is 1. The molecule has 0 bridgehead atoms. The largest absolute Gasteiger partial charge is 0.335 e. The molecule has 0 fully saturated rings. The van der Waals surface area contributed by atoms with Gasteiger partial charge in [0, 0.05) is 18.6 Å². The van der Waals surface area contributed by atoms with E-state index in [2.05, 4.69) is 15.2 Å². The fourth-order valence-corrected chi connectivity index (χ4v) is 1.64. The maximum atomic E-state index is 11.9. The molecule has 0 aliphatic rings. The molecule has 17 heavy (non-hydrogen) atoms. The lowest BCUT2D eigenvalue weighted by Crippen LogP contribution is -2.27. The van der Waals surface area contributed by atoms with Crippen LogP contribution in [0.25, 0.3) is 0 Å². The summed E-state index contributed by atoms with van der Waals surface area (Å²) in [5, 5.41) is 6.82. The SMILES string of the molecule is CN(Cc1ccccc1Cl)C(=O)c1ncn[nH]1. The molecule has 0 unspecified atom stereocenters. The van der Waals surface area contributed by atoms with Crippen LogP contribution in [0.1, 0.15) is 16.2 Å². The minimum absolute atomic E-state index is 0.220. The van der Waals surface area contributed by atoms with Gasteiger partial charge in [-0.25, -0.2) is 4.98 Å². The fourth-order valence-electron chi connectivity index (χ4n) is 1.44. The van der Waals surface area contributed by atoms with Crippen LogP contribution in [0.4, 0.5) is 0 Å². The zero-order valence-corrected chi connectivity index (χ0v) is 9.98. The Balaban J connectivity index is 2.10. The summed E-state index contributed by atoms with van der Waals surface area (Å²) in [6.45, 7) is 0.430. The molecule has 1 aromatic carbocycles. The van der Waals surface area contributed by atoms with Gasteiger partial charge in [-0.05, 0) is 11.6 Å². The van der Waals surface area contributed by atoms with Gasteiger partial charge in [-0.3, -0.25) is 9.89 Å². The smallest absolute Gasteiger partial charge is 0.291 e. The summed E-state index contributed by atoms with van der Waals surface area (Å²) in [5.74, 6) is 0.00183. The van der Waals surface area contributed by atoms with E-state index in [1.54, 1.807) is 13.1 Å². The van der Waals surface area contributed by atoms with E-state index in [0.29, 0.717) is 11.6 Å². The highest BCUT2D eigenvalue weighted by Crippen LogP contribution is 2.16. The van der Waals surface area contributed by atoms with Gasteiger partial charge in [0.05, 0.1) is 0 Å². The van der Waals surface area contributed by atoms with E-state index in [1.807, 2.05) is 18.2 Å². The molecule has 0 atom stereocenters. The van der Waals surface area contributed by atoms with Crippen molar-refractivity contribution in [3.05, 3.63) is 47.0 Å². The zero-order valence-electron chi connectivity index (χ0n) is 9.22. The number of H-pyrrole nitrogens is 1. The van der Waals surface area contributed by atoms with Crippen LogP contribution in [0.15, 0.2) is 30.6 Å². The van der Waals surface area contributed by atoms with Crippen molar-refractivity contribution in [1.29, 1.82) is 0 Å². The third-order valence-corrected chi connectivity index (χ3v) is 2.70. The van der Waals surface area contributed by atoms with Crippen LogP contribution in [-0.2, 0) is 6.54 Å². The standard InChI is InChI=1S/C11H11ClN4O/c1-16(11(17)10-13-7-14-15-10)6-8-4-2-3-5-9(8)12/h2-5,7H,6H2,1H3,(H,13,14,15). The number of aromatic amines is 1. The summed E-state index contributed by atoms with van der Waals surface area (Å²) in [6.07, 6.45) is 1.30. The van der Waals surface area contributed by atoms with Gasteiger partial charge in [0.2, 0.25) is 5.82 Å². The molecular weight excluding hydrogens is 240 g/mol. The Kier molecular flexibility index (Phi) is 3.39. The molecule has 5 nitrogen and oxygen atoms in total. The minimum atomic E-state index is -0.220. The lowest BCUT2D eigenvalue weighted by Gasteiger charge is -2.16. The van der Waals surface area contributed by atoms with Crippen molar-refractivity contribution in [2.45, 2.75) is 6.54 Å². The number of amides is 1. The summed E-state index contributed by atoms with van der Waals surface area (Å²) >= 11 is 6.02. The van der Waals surface area contributed by atoms with E-state index < -0.39 is 0 Å². The predicted octanol–water partition coefficient (Wildman–Crippen LogP) is 1.73. The molecular formula is C11H11ClN4O. The highest BCUT2D eigenvalue weighted by Gasteiger charge is 2.15. The Morgan fingerprint density at radius 3 is 2.88 bits per heavy atom. The van der Waals surface area contributed by atoms with Crippen molar-refractivity contribution in [3.63, 3.8) is 0 Å². The van der Waals surface area contributed by atoms with Crippen molar-refractivity contribution >= 4 is 17.5 Å². The summed E-state index contributed by atoms with van der Waals surface area (Å²) in [5.41, 5.74) is 0.893. The predicted molar refractivity (Wildman–Crippen MR) is 63.6 cm³/mol. The second-order valence-electron chi connectivity index (χ2n) is 3.59. The van der Waals surface area contributed by atoms with Crippen LogP contribution in [0.2, 0.25) is 5.02 Å². The van der Waals surface area contributed by atoms with Gasteiger partial charge >= 0.3 is 0 Å². The number of carbonyl (C=O) groups is 1. The lowest BCUT2D eigenvalue weighted by atomic mass is 10.2. The van der Waals surface area contributed by atoms with E-state index in [9.17, 15) is 4.79 Å². The van der Waals surface area contributed by atoms with Crippen molar-refractivity contribution < 1.29 is 4.79 Å². The number of rotatable bonds is 3. The highest BCUT2D eigenvalue weighted by atomic mass is 35.5. The molecule has 1 heterocycles. The topological polar surface area (TPSA) is 61.9 Å². The normalized spacial score (nSPS) is 10.2. The summed E-state index contributed by atoms with van der Waals surface area (Å²) in [6, 6.07) is 7.41. The summed E-state index contributed by atoms with van der Waals surface area (Å²) in [4.78, 5) is 17.2. The van der Waals surface area contributed by atoms with E-state index in [0.717, 1.165) is 5.56 Å². The first kappa shape index (κ1) is 11.6. The van der Waals surface area contributed by atoms with Crippen LogP contribution >= 0.6 is 11.6 Å². The Morgan fingerprint density at radius 2 is 2.24 bits per heavy atom. The Morgan fingerprint density at radius 1 is 1.47 bits per heavy atom. The fraction of sp³-hybridized carbons (Fsp3) is 0.182. The van der Waals surface area contributed by atoms with Crippen molar-refractivity contribution in [2.75, 3.05) is 7.05 Å². The number of hydrogen-bond donors (Lipinski definition) is 1. The van der Waals surface area contributed by atoms with Gasteiger partial charge in [0.15, 0.2) is 0 Å². The minimum Gasteiger partial charge on any atom is -0.335 e. The second-order valence-corrected chi connectivity index (χ2v) is 3.99. The van der Waals surface area contributed by atoms with Gasteiger partial charge < -0.3 is 4.90 Å². The first-order chi connectivity index (χ1) is 8.18. The van der Waals surface area contributed by atoms with Crippen molar-refractivity contribution in [1.82, 2.24) is 20.1 Å². The Labute approximate surface area is 103 Å². The van der Waals surface area contributed by atoms with Crippen LogP contribution in [0.5, 0.6) is 0 Å². The molecule has 0 radical (unpaired) electrons. The lowest BCUT2D eigenvalue weighted by molar-refractivity contribution is 0.0773.